The summed E-state index contributed by atoms with van der Waals surface area (Å²) in [5, 5.41) is 3.36. The molecule has 0 aromatic heterocycles. The van der Waals surface area contributed by atoms with Gasteiger partial charge in [0.1, 0.15) is 0 Å². The number of hydrogen-bond acceptors (Lipinski definition) is 7. The topological polar surface area (TPSA) is 67.4 Å². The van der Waals surface area contributed by atoms with E-state index >= 15 is 0 Å². The molecule has 0 bridgehead atoms. The van der Waals surface area contributed by atoms with Crippen LogP contribution in [0.2, 0.25) is 0 Å². The first-order valence-electron chi connectivity index (χ1n) is 8.69. The number of ether oxygens (including phenoxy) is 6. The maximum Gasteiger partial charge on any atom is 0.0701 e. The summed E-state index contributed by atoms with van der Waals surface area (Å²) >= 11 is 0. The molecule has 0 saturated carbocycles. The number of nitrogens with one attached hydrogen (secondary N) is 1. The SMILES string of the molecule is COCCOCCOCCOCCOCCOCCNC(C)(C)C. The third-order valence-electron chi connectivity index (χ3n) is 2.82. The van der Waals surface area contributed by atoms with E-state index < -0.39 is 0 Å². The Morgan fingerprint density at radius 3 is 1.21 bits per heavy atom. The molecule has 7 nitrogen and oxygen atoms in total. The number of methoxy groups -OCH3 is 1. The second kappa shape index (κ2) is 17.5. The second-order valence-corrected chi connectivity index (χ2v) is 6.23. The summed E-state index contributed by atoms with van der Waals surface area (Å²) in [4.78, 5) is 0. The van der Waals surface area contributed by atoms with Crippen LogP contribution in [0.3, 0.4) is 0 Å². The summed E-state index contributed by atoms with van der Waals surface area (Å²) in [5.74, 6) is 0. The monoisotopic (exact) mass is 351 g/mol. The van der Waals surface area contributed by atoms with Gasteiger partial charge in [-0.05, 0) is 20.8 Å². The number of rotatable bonds is 18. The van der Waals surface area contributed by atoms with E-state index in [-0.39, 0.29) is 5.54 Å². The fourth-order valence-electron chi connectivity index (χ4n) is 1.62. The first kappa shape index (κ1) is 23.7. The molecule has 0 aromatic rings. The molecule has 0 fully saturated rings. The first-order valence-corrected chi connectivity index (χ1v) is 8.69. The lowest BCUT2D eigenvalue weighted by molar-refractivity contribution is -0.0146. The van der Waals surface area contributed by atoms with Crippen LogP contribution >= 0.6 is 0 Å². The van der Waals surface area contributed by atoms with Crippen LogP contribution in [0.15, 0.2) is 0 Å². The molecular formula is C17H37NO6. The van der Waals surface area contributed by atoms with E-state index in [0.29, 0.717) is 72.7 Å². The molecule has 0 rings (SSSR count). The standard InChI is InChI=1S/C17H37NO6/c1-17(2,3)18-5-6-20-9-10-22-13-14-24-16-15-23-12-11-21-8-7-19-4/h18H,5-16H2,1-4H3. The normalized spacial score (nSPS) is 12.0. The van der Waals surface area contributed by atoms with Gasteiger partial charge in [-0.25, -0.2) is 0 Å². The van der Waals surface area contributed by atoms with Crippen molar-refractivity contribution in [2.75, 3.05) is 86.3 Å². The minimum absolute atomic E-state index is 0.137. The van der Waals surface area contributed by atoms with Gasteiger partial charge in [-0.15, -0.1) is 0 Å². The zero-order valence-electron chi connectivity index (χ0n) is 15.9. The van der Waals surface area contributed by atoms with Gasteiger partial charge in [0.2, 0.25) is 0 Å². The van der Waals surface area contributed by atoms with Gasteiger partial charge in [-0.2, -0.15) is 0 Å². The van der Waals surface area contributed by atoms with Crippen LogP contribution in [-0.2, 0) is 28.4 Å². The lowest BCUT2D eigenvalue weighted by Crippen LogP contribution is -2.38. The van der Waals surface area contributed by atoms with Crippen LogP contribution < -0.4 is 5.32 Å². The van der Waals surface area contributed by atoms with Gasteiger partial charge in [-0.1, -0.05) is 0 Å². The smallest absolute Gasteiger partial charge is 0.0701 e. The quantitative estimate of drug-likeness (QED) is 0.371. The van der Waals surface area contributed by atoms with Crippen molar-refractivity contribution in [1.29, 1.82) is 0 Å². The van der Waals surface area contributed by atoms with E-state index in [1.54, 1.807) is 7.11 Å². The fraction of sp³-hybridized carbons (Fsp3) is 1.00. The Bertz CT molecular complexity index is 248. The van der Waals surface area contributed by atoms with Crippen molar-refractivity contribution in [3.63, 3.8) is 0 Å². The molecule has 0 saturated heterocycles. The van der Waals surface area contributed by atoms with Gasteiger partial charge in [-0.3, -0.25) is 0 Å². The molecule has 0 atom stereocenters. The molecule has 0 amide bonds. The first-order chi connectivity index (χ1) is 11.6. The molecule has 24 heavy (non-hydrogen) atoms. The van der Waals surface area contributed by atoms with E-state index in [4.69, 9.17) is 28.4 Å². The van der Waals surface area contributed by atoms with E-state index in [9.17, 15) is 0 Å². The maximum atomic E-state index is 5.47. The van der Waals surface area contributed by atoms with Crippen LogP contribution in [0.25, 0.3) is 0 Å². The van der Waals surface area contributed by atoms with Crippen LogP contribution in [0, 0.1) is 0 Å². The third-order valence-corrected chi connectivity index (χ3v) is 2.82. The molecule has 0 aromatic carbocycles. The van der Waals surface area contributed by atoms with Crippen molar-refractivity contribution in [2.24, 2.45) is 0 Å². The highest BCUT2D eigenvalue weighted by atomic mass is 16.6. The maximum absolute atomic E-state index is 5.47. The van der Waals surface area contributed by atoms with Gasteiger partial charge in [0, 0.05) is 19.2 Å². The van der Waals surface area contributed by atoms with Crippen LogP contribution in [0.5, 0.6) is 0 Å². The average molecular weight is 351 g/mol. The van der Waals surface area contributed by atoms with Crippen LogP contribution in [0.1, 0.15) is 20.8 Å². The van der Waals surface area contributed by atoms with Gasteiger partial charge in [0.25, 0.3) is 0 Å². The van der Waals surface area contributed by atoms with Crippen LogP contribution in [-0.4, -0.2) is 91.9 Å². The Labute approximate surface area is 147 Å². The Balaban J connectivity index is 3.00. The molecule has 0 aliphatic heterocycles. The Kier molecular flexibility index (Phi) is 17.3. The summed E-state index contributed by atoms with van der Waals surface area (Å²) in [5.41, 5.74) is 0.137. The molecule has 146 valence electrons. The molecule has 0 unspecified atom stereocenters. The van der Waals surface area contributed by atoms with E-state index in [1.165, 1.54) is 0 Å². The third kappa shape index (κ3) is 21.7. The van der Waals surface area contributed by atoms with Crippen molar-refractivity contribution in [1.82, 2.24) is 5.32 Å². The van der Waals surface area contributed by atoms with Crippen molar-refractivity contribution >= 4 is 0 Å². The predicted molar refractivity (Wildman–Crippen MR) is 93.7 cm³/mol. The Hall–Kier alpha value is -0.280. The van der Waals surface area contributed by atoms with Crippen molar-refractivity contribution in [2.45, 2.75) is 26.3 Å². The molecule has 1 N–H and O–H groups in total. The molecule has 0 heterocycles. The van der Waals surface area contributed by atoms with Gasteiger partial charge >= 0.3 is 0 Å². The Morgan fingerprint density at radius 2 is 0.875 bits per heavy atom. The highest BCUT2D eigenvalue weighted by molar-refractivity contribution is 4.69. The summed E-state index contributed by atoms with van der Waals surface area (Å²) in [7, 11) is 1.65. The minimum Gasteiger partial charge on any atom is -0.382 e. The Morgan fingerprint density at radius 1 is 0.542 bits per heavy atom. The summed E-state index contributed by atoms with van der Waals surface area (Å²) in [6.45, 7) is 13.8. The van der Waals surface area contributed by atoms with Gasteiger partial charge in [0.15, 0.2) is 0 Å². The number of hydrogen-bond donors (Lipinski definition) is 1. The summed E-state index contributed by atoms with van der Waals surface area (Å²) in [6, 6.07) is 0. The van der Waals surface area contributed by atoms with Gasteiger partial charge < -0.3 is 33.7 Å². The molecule has 0 radical (unpaired) electrons. The summed E-state index contributed by atoms with van der Waals surface area (Å²) in [6.07, 6.45) is 0. The average Bonchev–Trinajstić information content (AvgIpc) is 2.52. The molecule has 0 aliphatic carbocycles. The highest BCUT2D eigenvalue weighted by Crippen LogP contribution is 1.96. The second-order valence-electron chi connectivity index (χ2n) is 6.23. The lowest BCUT2D eigenvalue weighted by atomic mass is 10.1. The highest BCUT2D eigenvalue weighted by Gasteiger charge is 2.06. The van der Waals surface area contributed by atoms with Crippen molar-refractivity contribution < 1.29 is 28.4 Å². The van der Waals surface area contributed by atoms with Crippen molar-refractivity contribution in [3.05, 3.63) is 0 Å². The van der Waals surface area contributed by atoms with E-state index in [1.807, 2.05) is 0 Å². The van der Waals surface area contributed by atoms with Crippen molar-refractivity contribution in [3.8, 4) is 0 Å². The van der Waals surface area contributed by atoms with Gasteiger partial charge in [0.05, 0.1) is 72.7 Å². The molecule has 7 heteroatoms. The van der Waals surface area contributed by atoms with Crippen LogP contribution in [0.4, 0.5) is 0 Å². The van der Waals surface area contributed by atoms with E-state index in [2.05, 4.69) is 26.1 Å². The minimum atomic E-state index is 0.137. The zero-order valence-corrected chi connectivity index (χ0v) is 15.9. The largest absolute Gasteiger partial charge is 0.382 e. The molecule has 0 aliphatic rings. The predicted octanol–water partition coefficient (Wildman–Crippen LogP) is 1.10. The fourth-order valence-corrected chi connectivity index (χ4v) is 1.62. The summed E-state index contributed by atoms with van der Waals surface area (Å²) < 4.78 is 31.8. The molecular weight excluding hydrogens is 314 g/mol. The van der Waals surface area contributed by atoms with E-state index in [0.717, 1.165) is 6.54 Å². The zero-order chi connectivity index (χ0) is 17.9. The lowest BCUT2D eigenvalue weighted by Gasteiger charge is -2.20. The molecule has 0 spiro atoms.